The molecule has 7 heteroatoms. The standard InChI is InChI=1S/C14H21BrN2O2S2/c1-3-21(18,19)14-9-20-7-6-17(14)13-5-4-11(10(2)16)8-12(13)15/h4-5,8,10,14H,3,6-7,9,16H2,1-2H3/t10-,14?/m1/s1. The van der Waals surface area contributed by atoms with Crippen molar-refractivity contribution in [3.05, 3.63) is 28.2 Å². The zero-order chi connectivity index (χ0) is 15.6. The lowest BCUT2D eigenvalue weighted by molar-refractivity contribution is 0.579. The van der Waals surface area contributed by atoms with Crippen molar-refractivity contribution >= 4 is 43.2 Å². The van der Waals surface area contributed by atoms with Crippen LogP contribution in [0, 0.1) is 0 Å². The lowest BCUT2D eigenvalue weighted by Crippen LogP contribution is -2.48. The van der Waals surface area contributed by atoms with Gasteiger partial charge in [0.2, 0.25) is 0 Å². The fraction of sp³-hybridized carbons (Fsp3) is 0.571. The largest absolute Gasteiger partial charge is 0.353 e. The van der Waals surface area contributed by atoms with Gasteiger partial charge in [0.15, 0.2) is 9.84 Å². The molecule has 0 spiro atoms. The Bertz CT molecular complexity index is 605. The Kier molecular flexibility index (Phi) is 5.62. The summed E-state index contributed by atoms with van der Waals surface area (Å²) in [6, 6.07) is 5.89. The molecule has 4 nitrogen and oxygen atoms in total. The van der Waals surface area contributed by atoms with Crippen LogP contribution in [0.2, 0.25) is 0 Å². The zero-order valence-corrected chi connectivity index (χ0v) is 15.5. The molecule has 0 saturated carbocycles. The summed E-state index contributed by atoms with van der Waals surface area (Å²) in [7, 11) is -3.10. The average Bonchev–Trinajstić information content (AvgIpc) is 2.47. The minimum Gasteiger partial charge on any atom is -0.353 e. The van der Waals surface area contributed by atoms with Gasteiger partial charge in [0.1, 0.15) is 5.37 Å². The van der Waals surface area contributed by atoms with Gasteiger partial charge in [0, 0.05) is 34.3 Å². The van der Waals surface area contributed by atoms with Gasteiger partial charge in [-0.2, -0.15) is 11.8 Å². The van der Waals surface area contributed by atoms with E-state index in [4.69, 9.17) is 5.73 Å². The fourth-order valence-electron chi connectivity index (χ4n) is 2.39. The third-order valence-corrected chi connectivity index (χ3v) is 7.63. The molecule has 0 amide bonds. The van der Waals surface area contributed by atoms with Gasteiger partial charge < -0.3 is 10.6 Å². The van der Waals surface area contributed by atoms with Gasteiger partial charge in [-0.3, -0.25) is 0 Å². The average molecular weight is 393 g/mol. The van der Waals surface area contributed by atoms with Crippen molar-refractivity contribution in [1.29, 1.82) is 0 Å². The second-order valence-corrected chi connectivity index (χ2v) is 9.63. The van der Waals surface area contributed by atoms with Crippen molar-refractivity contribution in [2.45, 2.75) is 25.3 Å². The maximum Gasteiger partial charge on any atom is 0.171 e. The highest BCUT2D eigenvalue weighted by atomic mass is 79.9. The summed E-state index contributed by atoms with van der Waals surface area (Å²) in [4.78, 5) is 2.00. The van der Waals surface area contributed by atoms with Crippen molar-refractivity contribution in [3.8, 4) is 0 Å². The summed E-state index contributed by atoms with van der Waals surface area (Å²) in [6.45, 7) is 4.38. The summed E-state index contributed by atoms with van der Waals surface area (Å²) in [5.74, 6) is 1.74. The number of nitrogens with zero attached hydrogens (tertiary/aromatic N) is 1. The molecule has 0 aromatic heterocycles. The van der Waals surface area contributed by atoms with Crippen molar-refractivity contribution in [2.24, 2.45) is 5.73 Å². The molecule has 0 bridgehead atoms. The first kappa shape index (κ1) is 17.1. The molecule has 2 N–H and O–H groups in total. The van der Waals surface area contributed by atoms with Crippen molar-refractivity contribution in [2.75, 3.05) is 28.7 Å². The van der Waals surface area contributed by atoms with Crippen LogP contribution in [-0.2, 0) is 9.84 Å². The number of rotatable bonds is 4. The van der Waals surface area contributed by atoms with Gasteiger partial charge in [-0.1, -0.05) is 13.0 Å². The normalized spacial score (nSPS) is 21.3. The van der Waals surface area contributed by atoms with Crippen LogP contribution in [0.5, 0.6) is 0 Å². The van der Waals surface area contributed by atoms with Crippen LogP contribution < -0.4 is 10.6 Å². The molecular formula is C14H21BrN2O2S2. The molecule has 0 aliphatic carbocycles. The molecule has 2 atom stereocenters. The molecule has 21 heavy (non-hydrogen) atoms. The summed E-state index contributed by atoms with van der Waals surface area (Å²) in [5.41, 5.74) is 7.86. The molecule has 1 aromatic carbocycles. The predicted octanol–water partition coefficient (Wildman–Crippen LogP) is 2.78. The Morgan fingerprint density at radius 2 is 2.24 bits per heavy atom. The van der Waals surface area contributed by atoms with Crippen LogP contribution in [0.4, 0.5) is 5.69 Å². The predicted molar refractivity (Wildman–Crippen MR) is 94.7 cm³/mol. The number of nitrogens with two attached hydrogens (primary N) is 1. The van der Waals surface area contributed by atoms with Gasteiger partial charge in [-0.25, -0.2) is 8.42 Å². The smallest absolute Gasteiger partial charge is 0.171 e. The van der Waals surface area contributed by atoms with Gasteiger partial charge in [-0.15, -0.1) is 0 Å². The lowest BCUT2D eigenvalue weighted by Gasteiger charge is -2.37. The van der Waals surface area contributed by atoms with E-state index in [9.17, 15) is 8.42 Å². The topological polar surface area (TPSA) is 63.4 Å². The maximum absolute atomic E-state index is 12.3. The highest BCUT2D eigenvalue weighted by molar-refractivity contribution is 9.10. The maximum atomic E-state index is 12.3. The van der Waals surface area contributed by atoms with Crippen molar-refractivity contribution in [1.82, 2.24) is 0 Å². The minimum absolute atomic E-state index is 0.0394. The minimum atomic E-state index is -3.10. The first-order chi connectivity index (χ1) is 9.86. The molecule has 1 fully saturated rings. The van der Waals surface area contributed by atoms with E-state index in [2.05, 4.69) is 15.9 Å². The van der Waals surface area contributed by atoms with Gasteiger partial charge in [0.25, 0.3) is 0 Å². The fourth-order valence-corrected chi connectivity index (χ4v) is 5.99. The second-order valence-electron chi connectivity index (χ2n) is 5.17. The van der Waals surface area contributed by atoms with E-state index in [-0.39, 0.29) is 11.8 Å². The summed E-state index contributed by atoms with van der Waals surface area (Å²) in [5, 5.41) is -0.446. The summed E-state index contributed by atoms with van der Waals surface area (Å²) >= 11 is 5.27. The molecule has 1 saturated heterocycles. The molecule has 0 radical (unpaired) electrons. The third-order valence-electron chi connectivity index (χ3n) is 3.71. The number of hydrogen-bond donors (Lipinski definition) is 1. The molecule has 118 valence electrons. The van der Waals surface area contributed by atoms with Crippen LogP contribution in [0.25, 0.3) is 0 Å². The van der Waals surface area contributed by atoms with Gasteiger partial charge in [-0.05, 0) is 40.5 Å². The van der Waals surface area contributed by atoms with Crippen molar-refractivity contribution in [3.63, 3.8) is 0 Å². The summed E-state index contributed by atoms with van der Waals surface area (Å²) < 4.78 is 25.6. The Balaban J connectivity index is 2.38. The number of anilines is 1. The van der Waals surface area contributed by atoms with Crippen LogP contribution in [0.1, 0.15) is 25.5 Å². The monoisotopic (exact) mass is 392 g/mol. The second kappa shape index (κ2) is 6.89. The number of hydrogen-bond acceptors (Lipinski definition) is 5. The Morgan fingerprint density at radius 1 is 1.52 bits per heavy atom. The van der Waals surface area contributed by atoms with E-state index < -0.39 is 15.2 Å². The first-order valence-corrected chi connectivity index (χ1v) is 10.6. The molecular weight excluding hydrogens is 372 g/mol. The van der Waals surface area contributed by atoms with Crippen molar-refractivity contribution < 1.29 is 8.42 Å². The number of halogens is 1. The highest BCUT2D eigenvalue weighted by Gasteiger charge is 2.33. The van der Waals surface area contributed by atoms with Crippen LogP contribution >= 0.6 is 27.7 Å². The highest BCUT2D eigenvalue weighted by Crippen LogP contribution is 2.34. The molecule has 1 unspecified atom stereocenters. The summed E-state index contributed by atoms with van der Waals surface area (Å²) in [6.07, 6.45) is 0. The quantitative estimate of drug-likeness (QED) is 0.852. The Morgan fingerprint density at radius 3 is 2.81 bits per heavy atom. The molecule has 1 aromatic rings. The van der Waals surface area contributed by atoms with E-state index in [1.807, 2.05) is 30.0 Å². The Labute approximate surface area is 139 Å². The molecule has 1 heterocycles. The van der Waals surface area contributed by atoms with E-state index in [0.29, 0.717) is 5.75 Å². The van der Waals surface area contributed by atoms with Gasteiger partial charge >= 0.3 is 0 Å². The molecule has 1 aliphatic heterocycles. The molecule has 1 aliphatic rings. The van der Waals surface area contributed by atoms with E-state index in [1.165, 1.54) is 0 Å². The van der Waals surface area contributed by atoms with Crippen LogP contribution in [-0.4, -0.2) is 37.6 Å². The van der Waals surface area contributed by atoms with E-state index in [0.717, 1.165) is 28.0 Å². The number of benzene rings is 1. The number of thioether (sulfide) groups is 1. The molecule has 2 rings (SSSR count). The zero-order valence-electron chi connectivity index (χ0n) is 12.3. The van der Waals surface area contributed by atoms with E-state index in [1.54, 1.807) is 18.7 Å². The number of sulfone groups is 1. The SMILES string of the molecule is CCS(=O)(=O)C1CSCCN1c1ccc([C@@H](C)N)cc1Br. The van der Waals surface area contributed by atoms with Crippen LogP contribution in [0.15, 0.2) is 22.7 Å². The first-order valence-electron chi connectivity index (χ1n) is 6.97. The van der Waals surface area contributed by atoms with Crippen LogP contribution in [0.3, 0.4) is 0 Å². The van der Waals surface area contributed by atoms with E-state index >= 15 is 0 Å². The van der Waals surface area contributed by atoms with Gasteiger partial charge in [0.05, 0.1) is 5.69 Å². The third kappa shape index (κ3) is 3.75. The lowest BCUT2D eigenvalue weighted by atomic mass is 10.1. The Hall–Kier alpha value is -0.240.